The van der Waals surface area contributed by atoms with Crippen molar-refractivity contribution in [1.29, 1.82) is 0 Å². The summed E-state index contributed by atoms with van der Waals surface area (Å²) in [6.07, 6.45) is 0.541. The molecule has 1 aliphatic carbocycles. The molecule has 20 heavy (non-hydrogen) atoms. The van der Waals surface area contributed by atoms with Crippen molar-refractivity contribution in [3.8, 4) is 0 Å². The molecule has 1 saturated carbocycles. The van der Waals surface area contributed by atoms with Crippen molar-refractivity contribution >= 4 is 11.9 Å². The van der Waals surface area contributed by atoms with Gasteiger partial charge in [-0.25, -0.2) is 0 Å². The smallest absolute Gasteiger partial charge is 0.317 e. The Kier molecular flexibility index (Phi) is 4.12. The van der Waals surface area contributed by atoms with Crippen molar-refractivity contribution in [2.75, 3.05) is 20.2 Å². The lowest BCUT2D eigenvalue weighted by atomic mass is 9.93. The van der Waals surface area contributed by atoms with Crippen LogP contribution in [0.4, 0.5) is 0 Å². The molecule has 4 nitrogen and oxygen atoms in total. The molecule has 0 radical (unpaired) electrons. The number of amides is 1. The average molecular weight is 275 g/mol. The lowest BCUT2D eigenvalue weighted by molar-refractivity contribution is -0.146. The Morgan fingerprint density at radius 1 is 1.25 bits per heavy atom. The van der Waals surface area contributed by atoms with E-state index in [9.17, 15) is 9.59 Å². The van der Waals surface area contributed by atoms with Gasteiger partial charge in [-0.05, 0) is 25.8 Å². The van der Waals surface area contributed by atoms with E-state index in [2.05, 4.69) is 0 Å². The molecule has 4 heteroatoms. The minimum absolute atomic E-state index is 0.0456. The van der Waals surface area contributed by atoms with Crippen LogP contribution in [0, 0.1) is 5.92 Å². The van der Waals surface area contributed by atoms with Crippen molar-refractivity contribution in [3.05, 3.63) is 35.9 Å². The second-order valence-electron chi connectivity index (χ2n) is 5.10. The third-order valence-electron chi connectivity index (χ3n) is 4.17. The van der Waals surface area contributed by atoms with Gasteiger partial charge in [0.1, 0.15) is 5.41 Å². The van der Waals surface area contributed by atoms with Gasteiger partial charge in [0.2, 0.25) is 5.91 Å². The molecule has 0 heterocycles. The minimum atomic E-state index is -0.782. The first kappa shape index (κ1) is 14.6. The maximum Gasteiger partial charge on any atom is 0.317 e. The summed E-state index contributed by atoms with van der Waals surface area (Å²) in [6, 6.07) is 9.46. The van der Waals surface area contributed by atoms with E-state index in [0.717, 1.165) is 5.56 Å². The summed E-state index contributed by atoms with van der Waals surface area (Å²) in [5.74, 6) is -0.560. The van der Waals surface area contributed by atoms with Gasteiger partial charge in [0.05, 0.1) is 13.0 Å². The molecule has 1 amide bonds. The summed E-state index contributed by atoms with van der Waals surface area (Å²) in [6.45, 7) is 5.23. The van der Waals surface area contributed by atoms with Gasteiger partial charge in [-0.2, -0.15) is 0 Å². The molecule has 0 aliphatic heterocycles. The zero-order valence-electron chi connectivity index (χ0n) is 12.3. The fourth-order valence-electron chi connectivity index (χ4n) is 2.90. The number of esters is 1. The molecule has 108 valence electrons. The van der Waals surface area contributed by atoms with Crippen LogP contribution in [0.25, 0.3) is 0 Å². The fourth-order valence-corrected chi connectivity index (χ4v) is 2.90. The van der Waals surface area contributed by atoms with Gasteiger partial charge in [-0.3, -0.25) is 9.59 Å². The molecule has 0 spiro atoms. The molecule has 1 aromatic rings. The van der Waals surface area contributed by atoms with E-state index in [-0.39, 0.29) is 17.8 Å². The number of methoxy groups -OCH3 is 1. The Bertz CT molecular complexity index is 496. The molecular formula is C16H21NO3. The number of hydrogen-bond donors (Lipinski definition) is 0. The first-order valence-electron chi connectivity index (χ1n) is 7.04. The van der Waals surface area contributed by atoms with Gasteiger partial charge in [-0.1, -0.05) is 30.3 Å². The van der Waals surface area contributed by atoms with Crippen molar-refractivity contribution in [1.82, 2.24) is 4.90 Å². The third kappa shape index (κ3) is 2.19. The summed E-state index contributed by atoms with van der Waals surface area (Å²) < 4.78 is 4.95. The summed E-state index contributed by atoms with van der Waals surface area (Å²) in [5, 5.41) is 0. The predicted molar refractivity (Wildman–Crippen MR) is 76.2 cm³/mol. The van der Waals surface area contributed by atoms with Crippen LogP contribution in [0.3, 0.4) is 0 Å². The van der Waals surface area contributed by atoms with E-state index in [0.29, 0.717) is 19.5 Å². The van der Waals surface area contributed by atoms with Crippen molar-refractivity contribution < 1.29 is 14.3 Å². The number of benzene rings is 1. The first-order valence-corrected chi connectivity index (χ1v) is 7.04. The van der Waals surface area contributed by atoms with Crippen LogP contribution in [0.15, 0.2) is 30.3 Å². The molecule has 2 rings (SSSR count). The summed E-state index contributed by atoms with van der Waals surface area (Å²) in [4.78, 5) is 26.5. The van der Waals surface area contributed by atoms with E-state index >= 15 is 0 Å². The van der Waals surface area contributed by atoms with Crippen LogP contribution in [0.1, 0.15) is 25.8 Å². The molecule has 0 aromatic heterocycles. The van der Waals surface area contributed by atoms with Crippen molar-refractivity contribution in [2.24, 2.45) is 5.92 Å². The van der Waals surface area contributed by atoms with Crippen LogP contribution in [0.2, 0.25) is 0 Å². The van der Waals surface area contributed by atoms with Crippen LogP contribution in [-0.4, -0.2) is 37.0 Å². The van der Waals surface area contributed by atoms with Gasteiger partial charge in [0, 0.05) is 13.1 Å². The predicted octanol–water partition coefficient (Wildman–Crippen LogP) is 1.99. The lowest BCUT2D eigenvalue weighted by Gasteiger charge is -2.21. The Balaban J connectivity index is 2.31. The van der Waals surface area contributed by atoms with Gasteiger partial charge in [0.25, 0.3) is 0 Å². The van der Waals surface area contributed by atoms with E-state index in [1.807, 2.05) is 44.2 Å². The molecule has 0 bridgehead atoms. The standard InChI is InChI=1S/C16H21NO3/c1-4-17(5-2)14(18)13-11-16(13,15(19)20-3)12-9-7-6-8-10-12/h6-10,13H,4-5,11H2,1-3H3/t13-,16+/m0/s1. The average Bonchev–Trinajstić information content (AvgIpc) is 3.25. The first-order chi connectivity index (χ1) is 9.61. The minimum Gasteiger partial charge on any atom is -0.468 e. The highest BCUT2D eigenvalue weighted by molar-refractivity contribution is 5.98. The molecule has 2 atom stereocenters. The van der Waals surface area contributed by atoms with Gasteiger partial charge >= 0.3 is 5.97 Å². The molecule has 0 saturated heterocycles. The highest BCUT2D eigenvalue weighted by atomic mass is 16.5. The van der Waals surface area contributed by atoms with E-state index in [4.69, 9.17) is 4.74 Å². The molecular weight excluding hydrogens is 254 g/mol. The second-order valence-corrected chi connectivity index (χ2v) is 5.10. The molecule has 1 aliphatic rings. The van der Waals surface area contributed by atoms with Gasteiger partial charge < -0.3 is 9.64 Å². The third-order valence-corrected chi connectivity index (χ3v) is 4.17. The summed E-state index contributed by atoms with van der Waals surface area (Å²) in [7, 11) is 1.38. The molecule has 0 N–H and O–H groups in total. The molecule has 0 unspecified atom stereocenters. The number of carbonyl (C=O) groups excluding carboxylic acids is 2. The van der Waals surface area contributed by atoms with Gasteiger partial charge in [0.15, 0.2) is 0 Å². The number of nitrogens with zero attached hydrogens (tertiary/aromatic N) is 1. The topological polar surface area (TPSA) is 46.6 Å². The van der Waals surface area contributed by atoms with E-state index in [1.165, 1.54) is 7.11 Å². The highest BCUT2D eigenvalue weighted by Gasteiger charge is 2.66. The maximum atomic E-state index is 12.5. The van der Waals surface area contributed by atoms with Crippen molar-refractivity contribution in [2.45, 2.75) is 25.7 Å². The number of hydrogen-bond acceptors (Lipinski definition) is 3. The Labute approximate surface area is 119 Å². The number of carbonyl (C=O) groups is 2. The Hall–Kier alpha value is -1.84. The fraction of sp³-hybridized carbons (Fsp3) is 0.500. The Morgan fingerprint density at radius 3 is 2.35 bits per heavy atom. The SMILES string of the molecule is CCN(CC)C(=O)[C@@H]1C[C@@]1(C(=O)OC)c1ccccc1. The number of rotatable bonds is 5. The largest absolute Gasteiger partial charge is 0.468 e. The van der Waals surface area contributed by atoms with Crippen LogP contribution >= 0.6 is 0 Å². The normalized spacial score (nSPS) is 24.1. The monoisotopic (exact) mass is 275 g/mol. The number of ether oxygens (including phenoxy) is 1. The lowest BCUT2D eigenvalue weighted by Crippen LogP contribution is -2.36. The quantitative estimate of drug-likeness (QED) is 0.772. The highest BCUT2D eigenvalue weighted by Crippen LogP contribution is 2.55. The summed E-state index contributed by atoms with van der Waals surface area (Å²) in [5.41, 5.74) is 0.0905. The van der Waals surface area contributed by atoms with Gasteiger partial charge in [-0.15, -0.1) is 0 Å². The van der Waals surface area contributed by atoms with Crippen LogP contribution in [-0.2, 0) is 19.7 Å². The zero-order valence-corrected chi connectivity index (χ0v) is 12.3. The van der Waals surface area contributed by atoms with Crippen LogP contribution < -0.4 is 0 Å². The van der Waals surface area contributed by atoms with Crippen molar-refractivity contribution in [3.63, 3.8) is 0 Å². The Morgan fingerprint density at radius 2 is 1.85 bits per heavy atom. The molecule has 1 aromatic carbocycles. The second kappa shape index (κ2) is 5.65. The molecule has 1 fully saturated rings. The zero-order chi connectivity index (χ0) is 14.8. The van der Waals surface area contributed by atoms with E-state index in [1.54, 1.807) is 4.90 Å². The van der Waals surface area contributed by atoms with Crippen LogP contribution in [0.5, 0.6) is 0 Å². The summed E-state index contributed by atoms with van der Waals surface area (Å²) >= 11 is 0. The maximum absolute atomic E-state index is 12.5. The van der Waals surface area contributed by atoms with E-state index < -0.39 is 5.41 Å².